The summed E-state index contributed by atoms with van der Waals surface area (Å²) >= 11 is 5.68. The average molecular weight is 194 g/mol. The number of hydrogen-bond donors (Lipinski definition) is 1. The molecule has 3 rings (SSSR count). The number of rotatable bonds is 1. The van der Waals surface area contributed by atoms with Crippen LogP contribution in [0.2, 0.25) is 5.28 Å². The van der Waals surface area contributed by atoms with Gasteiger partial charge in [-0.3, -0.25) is 0 Å². The van der Waals surface area contributed by atoms with E-state index in [1.807, 2.05) is 0 Å². The van der Waals surface area contributed by atoms with Crippen LogP contribution in [0.1, 0.15) is 24.5 Å². The zero-order valence-electron chi connectivity index (χ0n) is 6.92. The molecule has 66 valence electrons. The molecule has 2 aromatic heterocycles. The van der Waals surface area contributed by atoms with Crippen molar-refractivity contribution in [2.24, 2.45) is 0 Å². The fraction of sp³-hybridized carbons (Fsp3) is 0.333. The third-order valence-electron chi connectivity index (χ3n) is 2.38. The molecule has 2 aromatic rings. The van der Waals surface area contributed by atoms with Gasteiger partial charge in [0.1, 0.15) is 5.65 Å². The van der Waals surface area contributed by atoms with E-state index in [1.54, 1.807) is 6.20 Å². The molecule has 0 spiro atoms. The van der Waals surface area contributed by atoms with E-state index in [-0.39, 0.29) is 0 Å². The molecular weight excluding hydrogens is 186 g/mol. The van der Waals surface area contributed by atoms with Gasteiger partial charge in [0, 0.05) is 17.3 Å². The summed E-state index contributed by atoms with van der Waals surface area (Å²) in [6, 6.07) is 2.11. The van der Waals surface area contributed by atoms with Gasteiger partial charge in [0.05, 0.1) is 0 Å². The van der Waals surface area contributed by atoms with Crippen LogP contribution in [0.3, 0.4) is 0 Å². The van der Waals surface area contributed by atoms with Crippen molar-refractivity contribution in [2.75, 3.05) is 0 Å². The van der Waals surface area contributed by atoms with Gasteiger partial charge in [0.15, 0.2) is 0 Å². The second-order valence-corrected chi connectivity index (χ2v) is 3.78. The summed E-state index contributed by atoms with van der Waals surface area (Å²) in [5.74, 6) is 0.716. The number of nitrogens with zero attached hydrogens (tertiary/aromatic N) is 2. The number of aromatic amines is 1. The Labute approximate surface area is 80.2 Å². The van der Waals surface area contributed by atoms with Crippen LogP contribution >= 0.6 is 11.6 Å². The largest absolute Gasteiger partial charge is 0.343 e. The Kier molecular flexibility index (Phi) is 1.38. The van der Waals surface area contributed by atoms with Gasteiger partial charge < -0.3 is 4.98 Å². The average Bonchev–Trinajstić information content (AvgIpc) is 2.87. The molecule has 0 aliphatic heterocycles. The van der Waals surface area contributed by atoms with Crippen molar-refractivity contribution >= 4 is 22.6 Å². The maximum absolute atomic E-state index is 5.68. The van der Waals surface area contributed by atoms with Crippen LogP contribution in [0.5, 0.6) is 0 Å². The first kappa shape index (κ1) is 7.33. The van der Waals surface area contributed by atoms with Gasteiger partial charge in [0.2, 0.25) is 5.28 Å². The Morgan fingerprint density at radius 1 is 1.46 bits per heavy atom. The number of aromatic nitrogens is 3. The molecule has 1 aliphatic rings. The van der Waals surface area contributed by atoms with Crippen LogP contribution in [-0.2, 0) is 0 Å². The molecule has 1 aliphatic carbocycles. The van der Waals surface area contributed by atoms with E-state index < -0.39 is 0 Å². The quantitative estimate of drug-likeness (QED) is 0.707. The van der Waals surface area contributed by atoms with Crippen LogP contribution in [0, 0.1) is 0 Å². The van der Waals surface area contributed by atoms with Crippen molar-refractivity contribution in [3.05, 3.63) is 23.2 Å². The Morgan fingerprint density at radius 3 is 3.08 bits per heavy atom. The highest BCUT2D eigenvalue weighted by Crippen LogP contribution is 2.40. The number of H-pyrrole nitrogens is 1. The number of fused-ring (bicyclic) bond motifs is 1. The lowest BCUT2D eigenvalue weighted by Crippen LogP contribution is -1.81. The Hall–Kier alpha value is -1.09. The van der Waals surface area contributed by atoms with Gasteiger partial charge in [-0.1, -0.05) is 0 Å². The molecule has 0 atom stereocenters. The van der Waals surface area contributed by atoms with Crippen LogP contribution in [0.15, 0.2) is 12.3 Å². The van der Waals surface area contributed by atoms with Gasteiger partial charge >= 0.3 is 0 Å². The predicted octanol–water partition coefficient (Wildman–Crippen LogP) is 2.49. The summed E-state index contributed by atoms with van der Waals surface area (Å²) in [5, 5.41) is 1.35. The highest BCUT2D eigenvalue weighted by atomic mass is 35.5. The standard InChI is InChI=1S/C9H8ClN3/c10-9-11-4-6-3-7(5-1-2-5)12-8(6)13-9/h3-5H,1-2H2,(H,11,12,13). The SMILES string of the molecule is Clc1ncc2cc(C3CC3)[nH]c2n1. The van der Waals surface area contributed by atoms with E-state index in [0.29, 0.717) is 11.2 Å². The minimum absolute atomic E-state index is 0.302. The van der Waals surface area contributed by atoms with E-state index >= 15 is 0 Å². The molecule has 0 saturated heterocycles. The zero-order chi connectivity index (χ0) is 8.84. The van der Waals surface area contributed by atoms with Crippen LogP contribution in [0.4, 0.5) is 0 Å². The first-order valence-electron chi connectivity index (χ1n) is 4.34. The summed E-state index contributed by atoms with van der Waals surface area (Å²) in [6.45, 7) is 0. The molecule has 0 bridgehead atoms. The van der Waals surface area contributed by atoms with Crippen molar-refractivity contribution in [1.29, 1.82) is 0 Å². The van der Waals surface area contributed by atoms with Gasteiger partial charge in [-0.05, 0) is 36.4 Å². The molecule has 0 amide bonds. The molecule has 0 aromatic carbocycles. The van der Waals surface area contributed by atoms with Crippen molar-refractivity contribution < 1.29 is 0 Å². The molecular formula is C9H8ClN3. The lowest BCUT2D eigenvalue weighted by molar-refractivity contribution is 1.05. The molecule has 4 heteroatoms. The van der Waals surface area contributed by atoms with Crippen LogP contribution in [-0.4, -0.2) is 15.0 Å². The Bertz CT molecular complexity index is 459. The molecule has 1 saturated carbocycles. The third-order valence-corrected chi connectivity index (χ3v) is 2.56. The molecule has 0 unspecified atom stereocenters. The lowest BCUT2D eigenvalue weighted by atomic mass is 10.3. The molecule has 13 heavy (non-hydrogen) atoms. The first-order valence-corrected chi connectivity index (χ1v) is 4.72. The minimum Gasteiger partial charge on any atom is -0.343 e. The maximum Gasteiger partial charge on any atom is 0.224 e. The van der Waals surface area contributed by atoms with Crippen molar-refractivity contribution in [3.8, 4) is 0 Å². The van der Waals surface area contributed by atoms with Gasteiger partial charge in [0.25, 0.3) is 0 Å². The Morgan fingerprint density at radius 2 is 2.31 bits per heavy atom. The first-order chi connectivity index (χ1) is 6.33. The number of hydrogen-bond acceptors (Lipinski definition) is 2. The Balaban J connectivity index is 2.20. The monoisotopic (exact) mass is 193 g/mol. The minimum atomic E-state index is 0.302. The molecule has 0 radical (unpaired) electrons. The highest BCUT2D eigenvalue weighted by Gasteiger charge is 2.25. The smallest absolute Gasteiger partial charge is 0.224 e. The third kappa shape index (κ3) is 1.20. The van der Waals surface area contributed by atoms with Crippen molar-refractivity contribution in [2.45, 2.75) is 18.8 Å². The second-order valence-electron chi connectivity index (χ2n) is 3.44. The lowest BCUT2D eigenvalue weighted by Gasteiger charge is -1.88. The van der Waals surface area contributed by atoms with Crippen molar-refractivity contribution in [3.63, 3.8) is 0 Å². The van der Waals surface area contributed by atoms with Gasteiger partial charge in [-0.15, -0.1) is 0 Å². The predicted molar refractivity (Wildman–Crippen MR) is 50.9 cm³/mol. The molecule has 1 N–H and O–H groups in total. The number of nitrogens with one attached hydrogen (secondary N) is 1. The second kappa shape index (κ2) is 2.45. The maximum atomic E-state index is 5.68. The van der Waals surface area contributed by atoms with E-state index in [2.05, 4.69) is 21.0 Å². The fourth-order valence-electron chi connectivity index (χ4n) is 1.53. The number of halogens is 1. The summed E-state index contributed by atoms with van der Waals surface area (Å²) in [7, 11) is 0. The summed E-state index contributed by atoms with van der Waals surface area (Å²) < 4.78 is 0. The summed E-state index contributed by atoms with van der Waals surface area (Å²) in [6.07, 6.45) is 4.33. The zero-order valence-corrected chi connectivity index (χ0v) is 7.67. The van der Waals surface area contributed by atoms with Crippen LogP contribution < -0.4 is 0 Å². The summed E-state index contributed by atoms with van der Waals surface area (Å²) in [4.78, 5) is 11.3. The van der Waals surface area contributed by atoms with E-state index in [9.17, 15) is 0 Å². The van der Waals surface area contributed by atoms with Gasteiger partial charge in [-0.2, -0.15) is 4.98 Å². The molecule has 2 heterocycles. The molecule has 3 nitrogen and oxygen atoms in total. The highest BCUT2D eigenvalue weighted by molar-refractivity contribution is 6.28. The van der Waals surface area contributed by atoms with E-state index in [0.717, 1.165) is 11.0 Å². The van der Waals surface area contributed by atoms with Crippen LogP contribution in [0.25, 0.3) is 11.0 Å². The normalized spacial score (nSPS) is 16.7. The van der Waals surface area contributed by atoms with E-state index in [4.69, 9.17) is 11.6 Å². The van der Waals surface area contributed by atoms with E-state index in [1.165, 1.54) is 18.5 Å². The fourth-order valence-corrected chi connectivity index (χ4v) is 1.66. The summed E-state index contributed by atoms with van der Waals surface area (Å²) in [5.41, 5.74) is 2.12. The van der Waals surface area contributed by atoms with Crippen molar-refractivity contribution in [1.82, 2.24) is 15.0 Å². The van der Waals surface area contributed by atoms with Gasteiger partial charge in [-0.25, -0.2) is 4.98 Å². The topological polar surface area (TPSA) is 41.6 Å². The molecule has 1 fully saturated rings.